The number of benzene rings is 2. The van der Waals surface area contributed by atoms with Gasteiger partial charge in [-0.15, -0.1) is 0 Å². The predicted molar refractivity (Wildman–Crippen MR) is 137 cm³/mol. The number of unbranched alkanes of at least 4 members (excludes halogenated alkanes) is 2. The molecule has 0 heterocycles. The molecule has 0 fully saturated rings. The fraction of sp³-hybridized carbons (Fsp3) is 0.500. The summed E-state index contributed by atoms with van der Waals surface area (Å²) in [5, 5.41) is 12.3. The van der Waals surface area contributed by atoms with Gasteiger partial charge in [0.1, 0.15) is 12.4 Å². The van der Waals surface area contributed by atoms with Crippen LogP contribution in [0.5, 0.6) is 5.75 Å². The van der Waals surface area contributed by atoms with Gasteiger partial charge in [-0.1, -0.05) is 38.0 Å². The topological polar surface area (TPSA) is 88.1 Å². The number of nitrogens with zero attached hydrogens (tertiary/aromatic N) is 1. The van der Waals surface area contributed by atoms with Crippen molar-refractivity contribution in [3.63, 3.8) is 0 Å². The third-order valence-electron chi connectivity index (χ3n) is 6.29. The fourth-order valence-electron chi connectivity index (χ4n) is 4.35. The number of urea groups is 1. The zero-order valence-electron chi connectivity index (χ0n) is 20.9. The lowest BCUT2D eigenvalue weighted by molar-refractivity contribution is -0.149. The summed E-state index contributed by atoms with van der Waals surface area (Å²) in [5.41, 5.74) is 4.44. The van der Waals surface area contributed by atoms with Crippen molar-refractivity contribution in [3.8, 4) is 5.75 Å². The minimum Gasteiger partial charge on any atom is -0.492 e. The van der Waals surface area contributed by atoms with Gasteiger partial charge in [0, 0.05) is 25.3 Å². The minimum absolute atomic E-state index is 0.103. The Bertz CT molecular complexity index is 960. The van der Waals surface area contributed by atoms with Gasteiger partial charge in [0.25, 0.3) is 0 Å². The highest BCUT2D eigenvalue weighted by atomic mass is 16.5. The van der Waals surface area contributed by atoms with Crippen molar-refractivity contribution >= 4 is 17.7 Å². The van der Waals surface area contributed by atoms with E-state index in [-0.39, 0.29) is 6.03 Å². The normalized spacial score (nSPS) is 13.2. The van der Waals surface area contributed by atoms with Crippen molar-refractivity contribution in [2.45, 2.75) is 64.9 Å². The monoisotopic (exact) mass is 482 g/mol. The number of carbonyl (C=O) groups excluding carboxylic acids is 1. The summed E-state index contributed by atoms with van der Waals surface area (Å²) in [6.07, 6.45) is 5.95. The quantitative estimate of drug-likeness (QED) is 0.356. The maximum absolute atomic E-state index is 13.0. The van der Waals surface area contributed by atoms with Crippen molar-refractivity contribution in [2.24, 2.45) is 0 Å². The smallest absolute Gasteiger partial charge is 0.333 e. The summed E-state index contributed by atoms with van der Waals surface area (Å²) in [4.78, 5) is 26.1. The first-order chi connectivity index (χ1) is 17.0. The number of aryl methyl sites for hydroxylation is 2. The van der Waals surface area contributed by atoms with Crippen LogP contribution in [-0.2, 0) is 28.8 Å². The number of carbonyl (C=O) groups is 2. The van der Waals surface area contributed by atoms with Crippen LogP contribution in [0.4, 0.5) is 10.5 Å². The Hall–Kier alpha value is -3.06. The highest BCUT2D eigenvalue weighted by Gasteiger charge is 2.18. The molecule has 190 valence electrons. The summed E-state index contributed by atoms with van der Waals surface area (Å²) in [5.74, 6) is -0.280. The molecule has 7 heteroatoms. The Morgan fingerprint density at radius 3 is 2.51 bits per heavy atom. The van der Waals surface area contributed by atoms with Gasteiger partial charge in [-0.3, -0.25) is 0 Å². The van der Waals surface area contributed by atoms with Gasteiger partial charge < -0.3 is 24.8 Å². The van der Waals surface area contributed by atoms with E-state index in [4.69, 9.17) is 9.47 Å². The van der Waals surface area contributed by atoms with Crippen LogP contribution < -0.4 is 10.1 Å². The molecule has 7 nitrogen and oxygen atoms in total. The molecule has 0 aromatic heterocycles. The Kier molecular flexibility index (Phi) is 10.4. The first-order valence-corrected chi connectivity index (χ1v) is 12.7. The summed E-state index contributed by atoms with van der Waals surface area (Å²) >= 11 is 0. The molecule has 35 heavy (non-hydrogen) atoms. The third-order valence-corrected chi connectivity index (χ3v) is 6.29. The number of hydrogen-bond acceptors (Lipinski definition) is 4. The maximum Gasteiger partial charge on any atom is 0.333 e. The van der Waals surface area contributed by atoms with Crippen LogP contribution >= 0.6 is 0 Å². The van der Waals surface area contributed by atoms with E-state index in [1.165, 1.54) is 17.5 Å². The van der Waals surface area contributed by atoms with E-state index in [0.717, 1.165) is 43.4 Å². The zero-order chi connectivity index (χ0) is 25.0. The lowest BCUT2D eigenvalue weighted by Gasteiger charge is -2.23. The summed E-state index contributed by atoms with van der Waals surface area (Å²) in [6.45, 7) is 5.82. The third kappa shape index (κ3) is 8.28. The van der Waals surface area contributed by atoms with Crippen LogP contribution in [-0.4, -0.2) is 54.4 Å². The van der Waals surface area contributed by atoms with Crippen LogP contribution in [0.2, 0.25) is 0 Å². The Morgan fingerprint density at radius 2 is 1.80 bits per heavy atom. The van der Waals surface area contributed by atoms with E-state index >= 15 is 0 Å². The van der Waals surface area contributed by atoms with Crippen LogP contribution in [0.25, 0.3) is 0 Å². The maximum atomic E-state index is 13.0. The summed E-state index contributed by atoms with van der Waals surface area (Å²) < 4.78 is 11.2. The summed E-state index contributed by atoms with van der Waals surface area (Å²) in [7, 11) is 0. The van der Waals surface area contributed by atoms with Crippen molar-refractivity contribution in [1.82, 2.24) is 4.90 Å². The molecule has 1 aliphatic rings. The van der Waals surface area contributed by atoms with Crippen molar-refractivity contribution in [3.05, 3.63) is 59.2 Å². The molecule has 1 aliphatic carbocycles. The van der Waals surface area contributed by atoms with Crippen LogP contribution in [0.1, 0.15) is 56.2 Å². The van der Waals surface area contributed by atoms with E-state index in [1.807, 2.05) is 35.2 Å². The molecule has 1 unspecified atom stereocenters. The van der Waals surface area contributed by atoms with Gasteiger partial charge in [-0.2, -0.15) is 0 Å². The molecule has 0 saturated carbocycles. The van der Waals surface area contributed by atoms with Crippen molar-refractivity contribution < 1.29 is 24.2 Å². The zero-order valence-corrected chi connectivity index (χ0v) is 20.9. The predicted octanol–water partition coefficient (Wildman–Crippen LogP) is 5.31. The van der Waals surface area contributed by atoms with Crippen molar-refractivity contribution in [2.75, 3.05) is 31.6 Å². The second kappa shape index (κ2) is 13.7. The molecule has 3 rings (SSSR count). The second-order valence-corrected chi connectivity index (χ2v) is 8.94. The number of hydrogen-bond donors (Lipinski definition) is 2. The number of ether oxygens (including phenoxy) is 2. The number of nitrogens with one attached hydrogen (secondary N) is 1. The Labute approximate surface area is 208 Å². The van der Waals surface area contributed by atoms with E-state index in [0.29, 0.717) is 38.5 Å². The second-order valence-electron chi connectivity index (χ2n) is 8.94. The number of carboxylic acids is 1. The SMILES string of the molecule is CCCCCN(CCOc1ccc(CC(OCC)C(=O)O)cc1)C(=O)Nc1ccc2c(c1)CCC2. The average molecular weight is 483 g/mol. The number of carboxylic acid groups (broad SMARTS) is 1. The Morgan fingerprint density at radius 1 is 1.03 bits per heavy atom. The van der Waals surface area contributed by atoms with Crippen LogP contribution in [0, 0.1) is 0 Å². The number of amides is 2. The first kappa shape index (κ1) is 26.5. The molecule has 2 amide bonds. The molecule has 0 spiro atoms. The van der Waals surface area contributed by atoms with Gasteiger partial charge in [0.05, 0.1) is 6.54 Å². The Balaban J connectivity index is 1.52. The first-order valence-electron chi connectivity index (χ1n) is 12.7. The fourth-order valence-corrected chi connectivity index (χ4v) is 4.35. The molecule has 2 aromatic carbocycles. The minimum atomic E-state index is -0.964. The van der Waals surface area contributed by atoms with Crippen LogP contribution in [0.15, 0.2) is 42.5 Å². The molecule has 0 saturated heterocycles. The summed E-state index contributed by atoms with van der Waals surface area (Å²) in [6, 6.07) is 13.5. The van der Waals surface area contributed by atoms with Gasteiger partial charge in [-0.05, 0) is 73.6 Å². The largest absolute Gasteiger partial charge is 0.492 e. The van der Waals surface area contributed by atoms with E-state index < -0.39 is 12.1 Å². The molecular weight excluding hydrogens is 444 g/mol. The molecule has 2 aromatic rings. The molecule has 1 atom stereocenters. The van der Waals surface area contributed by atoms with Gasteiger partial charge in [0.2, 0.25) is 0 Å². The lowest BCUT2D eigenvalue weighted by atomic mass is 10.1. The number of aliphatic carboxylic acids is 1. The van der Waals surface area contributed by atoms with Gasteiger partial charge in [-0.25, -0.2) is 9.59 Å². The molecule has 0 radical (unpaired) electrons. The number of anilines is 1. The number of rotatable bonds is 14. The van der Waals surface area contributed by atoms with E-state index in [9.17, 15) is 14.7 Å². The molecule has 0 bridgehead atoms. The number of fused-ring (bicyclic) bond motifs is 1. The lowest BCUT2D eigenvalue weighted by Crippen LogP contribution is -2.38. The standard InChI is InChI=1S/C28H38N2O5/c1-3-5-6-16-30(28(33)29-24-13-12-22-8-7-9-23(22)20-24)17-18-35-25-14-10-21(11-15-25)19-26(27(31)32)34-4-2/h10-15,20,26H,3-9,16-19H2,1-2H3,(H,29,33)(H,31,32). The van der Waals surface area contributed by atoms with Crippen LogP contribution in [0.3, 0.4) is 0 Å². The average Bonchev–Trinajstić information content (AvgIpc) is 3.31. The molecular formula is C28H38N2O5. The van der Waals surface area contributed by atoms with E-state index in [2.05, 4.69) is 24.4 Å². The highest BCUT2D eigenvalue weighted by molar-refractivity contribution is 5.89. The van der Waals surface area contributed by atoms with Crippen molar-refractivity contribution in [1.29, 1.82) is 0 Å². The highest BCUT2D eigenvalue weighted by Crippen LogP contribution is 2.25. The van der Waals surface area contributed by atoms with E-state index in [1.54, 1.807) is 6.92 Å². The van der Waals surface area contributed by atoms with Gasteiger partial charge >= 0.3 is 12.0 Å². The molecule has 2 N–H and O–H groups in total. The van der Waals surface area contributed by atoms with Gasteiger partial charge in [0.15, 0.2) is 6.10 Å². The molecule has 0 aliphatic heterocycles.